The van der Waals surface area contributed by atoms with Gasteiger partial charge in [-0.3, -0.25) is 9.69 Å². The van der Waals surface area contributed by atoms with E-state index >= 15 is 0 Å². The van der Waals surface area contributed by atoms with Crippen molar-refractivity contribution in [2.75, 3.05) is 13.7 Å². The molecule has 3 aromatic rings. The second-order valence-corrected chi connectivity index (χ2v) is 11.8. The third-order valence-electron chi connectivity index (χ3n) is 8.56. The number of hydrogen-bond acceptors (Lipinski definition) is 5. The fourth-order valence-electron chi connectivity index (χ4n) is 6.00. The molecule has 0 saturated carbocycles. The molecule has 7 heteroatoms. The molecule has 2 atom stereocenters. The fourth-order valence-corrected chi connectivity index (χ4v) is 6.00. The minimum absolute atomic E-state index is 0.0758. The molecule has 6 nitrogen and oxygen atoms in total. The molecule has 3 heterocycles. The number of aromatic nitrogens is 1. The number of hydrogen-bond donors (Lipinski definition) is 1. The van der Waals surface area contributed by atoms with Gasteiger partial charge in [-0.05, 0) is 92.4 Å². The summed E-state index contributed by atoms with van der Waals surface area (Å²) in [5, 5.41) is 9.36. The number of piperidine rings is 1. The van der Waals surface area contributed by atoms with Gasteiger partial charge in [0.15, 0.2) is 0 Å². The number of benzene rings is 2. The van der Waals surface area contributed by atoms with E-state index in [0.717, 1.165) is 65.9 Å². The van der Waals surface area contributed by atoms with Crippen LogP contribution < -0.4 is 9.47 Å². The van der Waals surface area contributed by atoms with Crippen LogP contribution in [0.1, 0.15) is 74.8 Å². The van der Waals surface area contributed by atoms with Crippen molar-refractivity contribution in [1.29, 1.82) is 0 Å². The Kier molecular flexibility index (Phi) is 8.13. The maximum absolute atomic E-state index is 14.9. The lowest BCUT2D eigenvalue weighted by atomic mass is 9.87. The standard InChI is InChI=1S/C33H39FN2O4/c1-21(32(37)38)15-22-7-8-23-10-12-29(40-30(23)16-22)26-11-9-24(27-18-31(39-4)35-19-28(27)34)17-25(26)20-36-14-6-5-13-33(36,2)3/h7-9,11,16-19,21,29H,5-6,10,12-15,20H2,1-4H3,(H,37,38). The number of carboxylic acid groups (broad SMARTS) is 1. The van der Waals surface area contributed by atoms with E-state index in [1.165, 1.54) is 26.1 Å². The van der Waals surface area contributed by atoms with Crippen LogP contribution >= 0.6 is 0 Å². The van der Waals surface area contributed by atoms with Crippen molar-refractivity contribution >= 4 is 5.97 Å². The summed E-state index contributed by atoms with van der Waals surface area (Å²) in [7, 11) is 1.53. The molecule has 2 aliphatic heterocycles. The van der Waals surface area contributed by atoms with Gasteiger partial charge in [-0.1, -0.05) is 37.6 Å². The van der Waals surface area contributed by atoms with Gasteiger partial charge in [0.05, 0.1) is 19.2 Å². The van der Waals surface area contributed by atoms with Crippen molar-refractivity contribution in [2.45, 2.75) is 77.5 Å². The van der Waals surface area contributed by atoms with Crippen LogP contribution in [0.4, 0.5) is 4.39 Å². The number of fused-ring (bicyclic) bond motifs is 1. The van der Waals surface area contributed by atoms with Crippen LogP contribution in [0.25, 0.3) is 11.1 Å². The number of carbonyl (C=O) groups is 1. The van der Waals surface area contributed by atoms with Crippen molar-refractivity contribution in [3.63, 3.8) is 0 Å². The Labute approximate surface area is 236 Å². The first-order chi connectivity index (χ1) is 19.1. The number of ether oxygens (including phenoxy) is 2. The molecular weight excluding hydrogens is 507 g/mol. The smallest absolute Gasteiger partial charge is 0.306 e. The highest BCUT2D eigenvalue weighted by atomic mass is 19.1. The van der Waals surface area contributed by atoms with Gasteiger partial charge in [0.1, 0.15) is 17.7 Å². The van der Waals surface area contributed by atoms with E-state index in [4.69, 9.17) is 9.47 Å². The van der Waals surface area contributed by atoms with E-state index in [1.807, 2.05) is 18.2 Å². The Bertz CT molecular complexity index is 1390. The first kappa shape index (κ1) is 28.1. The minimum atomic E-state index is -0.801. The van der Waals surface area contributed by atoms with Gasteiger partial charge in [0.2, 0.25) is 5.88 Å². The Balaban J connectivity index is 1.50. The lowest BCUT2D eigenvalue weighted by Gasteiger charge is -2.43. The Morgan fingerprint density at radius 3 is 2.80 bits per heavy atom. The van der Waals surface area contributed by atoms with Gasteiger partial charge in [-0.2, -0.15) is 0 Å². The molecule has 0 bridgehead atoms. The number of methoxy groups -OCH3 is 1. The maximum Gasteiger partial charge on any atom is 0.306 e. The third kappa shape index (κ3) is 5.99. The number of carboxylic acids is 1. The topological polar surface area (TPSA) is 71.9 Å². The summed E-state index contributed by atoms with van der Waals surface area (Å²) in [6, 6.07) is 13.9. The lowest BCUT2D eigenvalue weighted by molar-refractivity contribution is -0.141. The number of rotatable bonds is 8. The van der Waals surface area contributed by atoms with Crippen LogP contribution in [0.2, 0.25) is 0 Å². The van der Waals surface area contributed by atoms with E-state index in [0.29, 0.717) is 17.9 Å². The Morgan fingerprint density at radius 2 is 2.05 bits per heavy atom. The summed E-state index contributed by atoms with van der Waals surface area (Å²) in [5.74, 6) is -0.449. The summed E-state index contributed by atoms with van der Waals surface area (Å²) in [6.45, 7) is 8.10. The highest BCUT2D eigenvalue weighted by Crippen LogP contribution is 2.40. The van der Waals surface area contributed by atoms with Gasteiger partial charge in [0, 0.05) is 23.7 Å². The molecule has 1 aromatic heterocycles. The zero-order valence-corrected chi connectivity index (χ0v) is 23.9. The lowest BCUT2D eigenvalue weighted by Crippen LogP contribution is -2.46. The van der Waals surface area contributed by atoms with E-state index in [-0.39, 0.29) is 17.5 Å². The summed E-state index contributed by atoms with van der Waals surface area (Å²) < 4.78 is 26.8. The normalized spacial score (nSPS) is 19.4. The quantitative estimate of drug-likeness (QED) is 0.328. The van der Waals surface area contributed by atoms with Crippen molar-refractivity contribution in [3.05, 3.63) is 76.7 Å². The molecule has 5 rings (SSSR count). The molecule has 2 unspecified atom stereocenters. The first-order valence-electron chi connectivity index (χ1n) is 14.2. The van der Waals surface area contributed by atoms with E-state index < -0.39 is 11.9 Å². The summed E-state index contributed by atoms with van der Waals surface area (Å²) in [6.07, 6.45) is 6.77. The first-order valence-corrected chi connectivity index (χ1v) is 14.2. The van der Waals surface area contributed by atoms with Crippen LogP contribution in [0.15, 0.2) is 48.7 Å². The monoisotopic (exact) mass is 546 g/mol. The number of aryl methyl sites for hydroxylation is 1. The predicted molar refractivity (Wildman–Crippen MR) is 153 cm³/mol. The maximum atomic E-state index is 14.9. The molecule has 1 N–H and O–H groups in total. The largest absolute Gasteiger partial charge is 0.485 e. The minimum Gasteiger partial charge on any atom is -0.485 e. The average Bonchev–Trinajstić information content (AvgIpc) is 2.94. The van der Waals surface area contributed by atoms with Gasteiger partial charge >= 0.3 is 5.97 Å². The van der Waals surface area contributed by atoms with Crippen LogP contribution in [0, 0.1) is 11.7 Å². The van der Waals surface area contributed by atoms with Crippen LogP contribution in [-0.4, -0.2) is 40.2 Å². The molecule has 0 aliphatic carbocycles. The van der Waals surface area contributed by atoms with Gasteiger partial charge in [-0.25, -0.2) is 9.37 Å². The summed E-state index contributed by atoms with van der Waals surface area (Å²) >= 11 is 0. The molecule has 0 radical (unpaired) electrons. The Hall–Kier alpha value is -3.45. The molecule has 212 valence electrons. The van der Waals surface area contributed by atoms with E-state index in [9.17, 15) is 14.3 Å². The van der Waals surface area contributed by atoms with Crippen LogP contribution in [-0.2, 0) is 24.2 Å². The molecule has 2 aliphatic rings. The number of likely N-dealkylation sites (tertiary alicyclic amines) is 1. The van der Waals surface area contributed by atoms with E-state index in [1.54, 1.807) is 13.0 Å². The van der Waals surface area contributed by atoms with Gasteiger partial charge in [0.25, 0.3) is 0 Å². The predicted octanol–water partition coefficient (Wildman–Crippen LogP) is 6.99. The zero-order chi connectivity index (χ0) is 28.4. The molecule has 0 spiro atoms. The second kappa shape index (κ2) is 11.6. The molecule has 1 saturated heterocycles. The SMILES string of the molecule is COc1cc(-c2ccc(C3CCc4ccc(CC(C)C(=O)O)cc4O3)c(CN3CCCCC3(C)C)c2)c(F)cn1. The molecule has 0 amide bonds. The number of aliphatic carboxylic acids is 1. The molecule has 1 fully saturated rings. The highest BCUT2D eigenvalue weighted by Gasteiger charge is 2.32. The van der Waals surface area contributed by atoms with Gasteiger partial charge in [-0.15, -0.1) is 0 Å². The molecular formula is C33H39FN2O4. The number of pyridine rings is 1. The number of halogens is 1. The number of nitrogens with zero attached hydrogens (tertiary/aromatic N) is 2. The molecule has 40 heavy (non-hydrogen) atoms. The second-order valence-electron chi connectivity index (χ2n) is 11.8. The van der Waals surface area contributed by atoms with Crippen molar-refractivity contribution < 1.29 is 23.8 Å². The summed E-state index contributed by atoms with van der Waals surface area (Å²) in [4.78, 5) is 17.9. The average molecular weight is 547 g/mol. The summed E-state index contributed by atoms with van der Waals surface area (Å²) in [5.41, 5.74) is 5.67. The highest BCUT2D eigenvalue weighted by molar-refractivity contribution is 5.70. The zero-order valence-electron chi connectivity index (χ0n) is 23.9. The fraction of sp³-hybridized carbons (Fsp3) is 0.455. The van der Waals surface area contributed by atoms with Crippen LogP contribution in [0.3, 0.4) is 0 Å². The van der Waals surface area contributed by atoms with Gasteiger partial charge < -0.3 is 14.6 Å². The van der Waals surface area contributed by atoms with Crippen LogP contribution in [0.5, 0.6) is 11.6 Å². The van der Waals surface area contributed by atoms with Crippen molar-refractivity contribution in [3.8, 4) is 22.8 Å². The third-order valence-corrected chi connectivity index (χ3v) is 8.56. The van der Waals surface area contributed by atoms with Crippen molar-refractivity contribution in [1.82, 2.24) is 9.88 Å². The van der Waals surface area contributed by atoms with E-state index in [2.05, 4.69) is 41.9 Å². The molecule has 2 aromatic carbocycles. The Morgan fingerprint density at radius 1 is 1.23 bits per heavy atom. The van der Waals surface area contributed by atoms with Crippen molar-refractivity contribution in [2.24, 2.45) is 5.92 Å².